The van der Waals surface area contributed by atoms with Crippen molar-refractivity contribution in [3.05, 3.63) is 52.4 Å². The highest BCUT2D eigenvalue weighted by molar-refractivity contribution is 6.77. The summed E-state index contributed by atoms with van der Waals surface area (Å²) in [6.45, 7) is 8.68. The molecule has 0 aliphatic carbocycles. The molecule has 0 bridgehead atoms. The molecule has 1 aliphatic rings. The molecule has 0 spiro atoms. The number of rotatable bonds is 1. The van der Waals surface area contributed by atoms with Crippen LogP contribution in [0.2, 0.25) is 6.82 Å². The smallest absolute Gasteiger partial charge is 0.402 e. The zero-order valence-corrected chi connectivity index (χ0v) is 14.8. The van der Waals surface area contributed by atoms with E-state index in [1.807, 2.05) is 13.0 Å². The van der Waals surface area contributed by atoms with Crippen LogP contribution >= 0.6 is 0 Å². The van der Waals surface area contributed by atoms with E-state index in [0.717, 1.165) is 38.9 Å². The lowest BCUT2D eigenvalue weighted by Crippen LogP contribution is -2.50. The molecular formula is C19H21BN3O+. The molecule has 3 aromatic rings. The molecule has 24 heavy (non-hydrogen) atoms. The van der Waals surface area contributed by atoms with Crippen LogP contribution in [0.3, 0.4) is 0 Å². The van der Waals surface area contributed by atoms with E-state index in [1.165, 1.54) is 5.56 Å². The molecule has 0 saturated heterocycles. The summed E-state index contributed by atoms with van der Waals surface area (Å²) in [5.41, 5.74) is 4.98. The van der Waals surface area contributed by atoms with Crippen molar-refractivity contribution in [3.8, 4) is 0 Å². The first-order valence-electron chi connectivity index (χ1n) is 8.30. The predicted octanol–water partition coefficient (Wildman–Crippen LogP) is 1.86. The van der Waals surface area contributed by atoms with Gasteiger partial charge in [0, 0.05) is 22.4 Å². The van der Waals surface area contributed by atoms with Crippen LogP contribution in [-0.2, 0) is 7.05 Å². The van der Waals surface area contributed by atoms with Crippen molar-refractivity contribution < 1.29 is 8.98 Å². The quantitative estimate of drug-likeness (QED) is 0.507. The number of hydrogen-bond acceptors (Lipinski definition) is 3. The first-order valence-corrected chi connectivity index (χ1v) is 8.30. The average molecular weight is 318 g/mol. The van der Waals surface area contributed by atoms with Gasteiger partial charge in [0.25, 0.3) is 5.82 Å². The summed E-state index contributed by atoms with van der Waals surface area (Å²) >= 11 is 0. The van der Waals surface area contributed by atoms with E-state index in [0.29, 0.717) is 0 Å². The summed E-state index contributed by atoms with van der Waals surface area (Å²) in [7, 11) is 2.08. The molecule has 4 nitrogen and oxygen atoms in total. The summed E-state index contributed by atoms with van der Waals surface area (Å²) in [5, 5.41) is 2.25. The number of aromatic nitrogens is 2. The van der Waals surface area contributed by atoms with Gasteiger partial charge >= 0.3 is 6.85 Å². The molecular weight excluding hydrogens is 297 g/mol. The second-order valence-corrected chi connectivity index (χ2v) is 6.69. The normalized spacial score (nSPS) is 14.1. The van der Waals surface area contributed by atoms with Crippen molar-refractivity contribution in [3.63, 3.8) is 0 Å². The van der Waals surface area contributed by atoms with Crippen molar-refractivity contribution in [1.82, 2.24) is 4.98 Å². The number of hydrogen-bond donors (Lipinski definition) is 0. The zero-order chi connectivity index (χ0) is 17.0. The Labute approximate surface area is 141 Å². The average Bonchev–Trinajstić information content (AvgIpc) is 2.87. The third-order valence-electron chi connectivity index (χ3n) is 4.74. The van der Waals surface area contributed by atoms with Crippen molar-refractivity contribution in [2.45, 2.75) is 27.6 Å². The molecule has 0 radical (unpaired) electrons. The van der Waals surface area contributed by atoms with Gasteiger partial charge in [0.1, 0.15) is 5.70 Å². The lowest BCUT2D eigenvalue weighted by molar-refractivity contribution is -0.658. The molecule has 0 amide bonds. The molecule has 4 heterocycles. The maximum Gasteiger partial charge on any atom is 0.402 e. The molecule has 1 aliphatic heterocycles. The van der Waals surface area contributed by atoms with Crippen molar-refractivity contribution in [2.75, 3.05) is 4.81 Å². The van der Waals surface area contributed by atoms with E-state index >= 15 is 0 Å². The third kappa shape index (κ3) is 2.15. The Morgan fingerprint density at radius 3 is 2.67 bits per heavy atom. The maximum absolute atomic E-state index is 6.12. The van der Waals surface area contributed by atoms with Crippen LogP contribution < -0.4 is 20.0 Å². The van der Waals surface area contributed by atoms with Gasteiger partial charge in [0.2, 0.25) is 5.71 Å². The van der Waals surface area contributed by atoms with E-state index in [4.69, 9.17) is 4.42 Å². The molecule has 0 N–H and O–H groups in total. The molecule has 0 fully saturated rings. The van der Waals surface area contributed by atoms with Gasteiger partial charge < -0.3 is 4.42 Å². The molecule has 0 atom stereocenters. The number of fused-ring (bicyclic) bond motifs is 3. The minimum Gasteiger partial charge on any atom is -0.434 e. The van der Waals surface area contributed by atoms with Crippen molar-refractivity contribution in [1.29, 1.82) is 0 Å². The first-order chi connectivity index (χ1) is 11.5. The van der Waals surface area contributed by atoms with Gasteiger partial charge in [-0.25, -0.2) is 9.55 Å². The van der Waals surface area contributed by atoms with Crippen LogP contribution in [0.15, 0.2) is 34.9 Å². The Morgan fingerprint density at radius 2 is 1.92 bits per heavy atom. The third-order valence-corrected chi connectivity index (χ3v) is 4.74. The van der Waals surface area contributed by atoms with E-state index in [-0.39, 0.29) is 6.85 Å². The molecule has 0 aromatic carbocycles. The molecule has 3 aromatic heterocycles. The molecule has 4 rings (SSSR count). The summed E-state index contributed by atoms with van der Waals surface area (Å²) in [4.78, 5) is 6.86. The Morgan fingerprint density at radius 1 is 1.12 bits per heavy atom. The molecule has 120 valence electrons. The largest absolute Gasteiger partial charge is 0.434 e. The van der Waals surface area contributed by atoms with Gasteiger partial charge in [-0.2, -0.15) is 0 Å². The lowest BCUT2D eigenvalue weighted by Gasteiger charge is -2.23. The van der Waals surface area contributed by atoms with E-state index in [1.54, 1.807) is 0 Å². The van der Waals surface area contributed by atoms with Crippen LogP contribution in [0.5, 0.6) is 0 Å². The van der Waals surface area contributed by atoms with Gasteiger partial charge in [0.05, 0.1) is 13.2 Å². The Hall–Kier alpha value is -2.56. The first kappa shape index (κ1) is 15.0. The summed E-state index contributed by atoms with van der Waals surface area (Å²) < 4.78 is 8.28. The molecule has 5 heteroatoms. The van der Waals surface area contributed by atoms with Gasteiger partial charge in [-0.15, -0.1) is 0 Å². The van der Waals surface area contributed by atoms with E-state index < -0.39 is 0 Å². The second-order valence-electron chi connectivity index (χ2n) is 6.69. The van der Waals surface area contributed by atoms with E-state index in [9.17, 15) is 0 Å². The minimum atomic E-state index is 0.244. The second kappa shape index (κ2) is 5.23. The van der Waals surface area contributed by atoms with Crippen molar-refractivity contribution in [2.24, 2.45) is 7.05 Å². The fraction of sp³-hybridized carbons (Fsp3) is 0.263. The summed E-state index contributed by atoms with van der Waals surface area (Å²) in [6.07, 6.45) is 2.15. The topological polar surface area (TPSA) is 33.2 Å². The summed E-state index contributed by atoms with van der Waals surface area (Å²) in [5.74, 6) is 3.42. The Balaban J connectivity index is 2.00. The fourth-order valence-electron chi connectivity index (χ4n) is 3.62. The van der Waals surface area contributed by atoms with Crippen molar-refractivity contribution >= 4 is 35.4 Å². The number of aryl methyl sites for hydroxylation is 3. The van der Waals surface area contributed by atoms with Gasteiger partial charge in [-0.05, 0) is 51.4 Å². The van der Waals surface area contributed by atoms with Crippen LogP contribution in [0.1, 0.15) is 18.2 Å². The van der Waals surface area contributed by atoms with Gasteiger partial charge in [-0.3, -0.25) is 4.81 Å². The van der Waals surface area contributed by atoms with Gasteiger partial charge in [0.15, 0.2) is 5.42 Å². The minimum absolute atomic E-state index is 0.244. The number of furan rings is 1. The number of nitrogens with zero attached hydrogens (tertiary/aromatic N) is 3. The Bertz CT molecular complexity index is 1080. The SMILES string of the molecule is CB1C=c2c(oc3nc(C)ccc23)=C(C)N1c1ccc(C)c[n+]1C. The van der Waals surface area contributed by atoms with Crippen LogP contribution in [0.4, 0.5) is 5.82 Å². The van der Waals surface area contributed by atoms with Crippen LogP contribution in [-0.4, -0.2) is 11.8 Å². The zero-order valence-electron chi connectivity index (χ0n) is 14.8. The number of anilines is 1. The fourth-order valence-corrected chi connectivity index (χ4v) is 3.62. The van der Waals surface area contributed by atoms with Gasteiger partial charge in [-0.1, -0.05) is 5.98 Å². The van der Waals surface area contributed by atoms with Crippen LogP contribution in [0, 0.1) is 13.8 Å². The highest BCUT2D eigenvalue weighted by atomic mass is 16.3. The summed E-state index contributed by atoms with van der Waals surface area (Å²) in [6, 6.07) is 8.46. The standard InChI is InChI=1S/C19H21BN3O/c1-12-6-9-17(22(5)11-12)23-14(3)18-16(10-20(23)4)15-8-7-13(2)21-19(15)24-18/h6-11H,1-5H3/q+1. The molecule has 0 saturated carbocycles. The monoisotopic (exact) mass is 318 g/mol. The highest BCUT2D eigenvalue weighted by Crippen LogP contribution is 2.20. The lowest BCUT2D eigenvalue weighted by atomic mass is 9.61. The predicted molar refractivity (Wildman–Crippen MR) is 98.0 cm³/mol. The maximum atomic E-state index is 6.12. The Kier molecular flexibility index (Phi) is 3.27. The highest BCUT2D eigenvalue weighted by Gasteiger charge is 2.33. The van der Waals surface area contributed by atoms with Crippen LogP contribution in [0.25, 0.3) is 22.8 Å². The molecule has 0 unspecified atom stereocenters. The van der Waals surface area contributed by atoms with E-state index in [2.05, 4.69) is 72.5 Å². The number of pyridine rings is 2.